The van der Waals surface area contributed by atoms with Gasteiger partial charge in [-0.05, 0) is 38.3 Å². The number of aromatic nitrogens is 2. The molecular weight excluding hydrogens is 370 g/mol. The first-order valence-corrected chi connectivity index (χ1v) is 10.1. The molecule has 0 saturated heterocycles. The van der Waals surface area contributed by atoms with Gasteiger partial charge in [0.15, 0.2) is 0 Å². The van der Waals surface area contributed by atoms with E-state index in [1.807, 2.05) is 80.4 Å². The van der Waals surface area contributed by atoms with Gasteiger partial charge in [0, 0.05) is 36.0 Å². The number of carbonyl (C=O) groups is 1. The maximum absolute atomic E-state index is 12.5. The highest BCUT2D eigenvalue weighted by molar-refractivity contribution is 7.12. The van der Waals surface area contributed by atoms with Gasteiger partial charge in [0.1, 0.15) is 12.4 Å². The smallest absolute Gasteiger partial charge is 0.261 e. The molecule has 0 aliphatic heterocycles. The molecular formula is C22H25N3O2S. The quantitative estimate of drug-likeness (QED) is 0.634. The summed E-state index contributed by atoms with van der Waals surface area (Å²) in [6.45, 7) is 6.85. The molecule has 1 amide bonds. The van der Waals surface area contributed by atoms with Crippen molar-refractivity contribution in [2.24, 2.45) is 7.05 Å². The Bertz CT molecular complexity index is 1000. The van der Waals surface area contributed by atoms with Crippen molar-refractivity contribution < 1.29 is 9.53 Å². The number of ether oxygens (including phenoxy) is 1. The Balaban J connectivity index is 1.60. The lowest BCUT2D eigenvalue weighted by molar-refractivity contribution is 0.0955. The summed E-state index contributed by atoms with van der Waals surface area (Å²) in [7, 11) is 1.91. The molecule has 0 unspecified atom stereocenters. The van der Waals surface area contributed by atoms with Crippen LogP contribution in [0.15, 0.2) is 41.8 Å². The van der Waals surface area contributed by atoms with Gasteiger partial charge in [-0.1, -0.05) is 30.4 Å². The molecule has 3 rings (SSSR count). The van der Waals surface area contributed by atoms with E-state index in [-0.39, 0.29) is 5.91 Å². The second kappa shape index (κ2) is 8.89. The van der Waals surface area contributed by atoms with Crippen LogP contribution in [-0.2, 0) is 20.2 Å². The zero-order chi connectivity index (χ0) is 20.1. The molecule has 0 radical (unpaired) electrons. The molecule has 2 heterocycles. The normalized spacial score (nSPS) is 11.1. The minimum Gasteiger partial charge on any atom is -0.488 e. The second-order valence-electron chi connectivity index (χ2n) is 6.60. The molecule has 0 aliphatic rings. The van der Waals surface area contributed by atoms with Crippen LogP contribution in [0.2, 0.25) is 0 Å². The summed E-state index contributed by atoms with van der Waals surface area (Å²) >= 11 is 1.43. The van der Waals surface area contributed by atoms with E-state index in [9.17, 15) is 4.79 Å². The zero-order valence-corrected chi connectivity index (χ0v) is 17.5. The van der Waals surface area contributed by atoms with Crippen LogP contribution in [0, 0.1) is 13.8 Å². The molecule has 0 saturated carbocycles. The number of nitrogens with zero attached hydrogens (tertiary/aromatic N) is 2. The van der Waals surface area contributed by atoms with Gasteiger partial charge in [-0.25, -0.2) is 0 Å². The van der Waals surface area contributed by atoms with Gasteiger partial charge >= 0.3 is 0 Å². The van der Waals surface area contributed by atoms with E-state index < -0.39 is 0 Å². The number of nitrogens with one attached hydrogen (secondary N) is 1. The van der Waals surface area contributed by atoms with Crippen molar-refractivity contribution in [3.63, 3.8) is 0 Å². The lowest BCUT2D eigenvalue weighted by atomic mass is 10.2. The summed E-state index contributed by atoms with van der Waals surface area (Å²) in [4.78, 5) is 13.2. The molecule has 0 bridgehead atoms. The number of hydrogen-bond donors (Lipinski definition) is 1. The fourth-order valence-electron chi connectivity index (χ4n) is 2.99. The van der Waals surface area contributed by atoms with Crippen LogP contribution in [0.3, 0.4) is 0 Å². The third-order valence-electron chi connectivity index (χ3n) is 4.62. The predicted octanol–water partition coefficient (Wildman–Crippen LogP) is 4.64. The van der Waals surface area contributed by atoms with Gasteiger partial charge in [0.25, 0.3) is 5.91 Å². The van der Waals surface area contributed by atoms with Crippen LogP contribution in [0.25, 0.3) is 6.08 Å². The number of para-hydroxylation sites is 1. The highest BCUT2D eigenvalue weighted by Gasteiger charge is 2.13. The molecule has 0 atom stereocenters. The summed E-state index contributed by atoms with van der Waals surface area (Å²) in [6.07, 6.45) is 4.01. The summed E-state index contributed by atoms with van der Waals surface area (Å²) in [6, 6.07) is 9.80. The maximum atomic E-state index is 12.5. The Hall–Kier alpha value is -2.86. The first-order chi connectivity index (χ1) is 13.5. The van der Waals surface area contributed by atoms with E-state index in [4.69, 9.17) is 4.74 Å². The molecule has 6 heteroatoms. The SMILES string of the molecule is C/C=C/c1ccccc1OCc1csc(C(=O)NCc2c(C)nn(C)c2C)c1. The number of aryl methyl sites for hydroxylation is 2. The van der Waals surface area contributed by atoms with Crippen LogP contribution in [0.5, 0.6) is 5.75 Å². The Morgan fingerprint density at radius 3 is 2.82 bits per heavy atom. The summed E-state index contributed by atoms with van der Waals surface area (Å²) in [5, 5.41) is 9.34. The average molecular weight is 396 g/mol. The first kappa shape index (κ1) is 19.9. The van der Waals surface area contributed by atoms with Crippen molar-refractivity contribution in [1.29, 1.82) is 0 Å². The van der Waals surface area contributed by atoms with E-state index in [2.05, 4.69) is 10.4 Å². The molecule has 3 aromatic rings. The van der Waals surface area contributed by atoms with E-state index in [0.29, 0.717) is 18.0 Å². The standard InChI is InChI=1S/C22H25N3O2S/c1-5-8-18-9-6-7-10-20(18)27-13-17-11-21(28-14-17)22(26)23-12-19-15(2)24-25(4)16(19)3/h5-11,14H,12-13H2,1-4H3,(H,23,26)/b8-5+. The van der Waals surface area contributed by atoms with Gasteiger partial charge in [0.05, 0.1) is 10.6 Å². The number of benzene rings is 1. The number of rotatable bonds is 7. The Kier molecular flexibility index (Phi) is 6.31. The predicted molar refractivity (Wildman–Crippen MR) is 114 cm³/mol. The van der Waals surface area contributed by atoms with Gasteiger partial charge in [-0.3, -0.25) is 9.48 Å². The average Bonchev–Trinajstić information content (AvgIpc) is 3.25. The molecule has 0 spiro atoms. The maximum Gasteiger partial charge on any atom is 0.261 e. The van der Waals surface area contributed by atoms with Gasteiger partial charge in [-0.2, -0.15) is 5.10 Å². The molecule has 0 fully saturated rings. The van der Waals surface area contributed by atoms with Crippen LogP contribution >= 0.6 is 11.3 Å². The van der Waals surface area contributed by atoms with Crippen molar-refractivity contribution in [3.8, 4) is 5.75 Å². The molecule has 146 valence electrons. The van der Waals surface area contributed by atoms with Crippen molar-refractivity contribution in [2.75, 3.05) is 0 Å². The fourth-order valence-corrected chi connectivity index (χ4v) is 3.80. The van der Waals surface area contributed by atoms with Gasteiger partial charge < -0.3 is 10.1 Å². The van der Waals surface area contributed by atoms with E-state index in [1.165, 1.54) is 11.3 Å². The van der Waals surface area contributed by atoms with Crippen molar-refractivity contribution >= 4 is 23.3 Å². The third kappa shape index (κ3) is 4.51. The van der Waals surface area contributed by atoms with Crippen molar-refractivity contribution in [3.05, 3.63) is 74.7 Å². The number of amides is 1. The molecule has 1 aromatic carbocycles. The number of carbonyl (C=O) groups excluding carboxylic acids is 1. The van der Waals surface area contributed by atoms with Crippen LogP contribution in [-0.4, -0.2) is 15.7 Å². The van der Waals surface area contributed by atoms with Crippen LogP contribution in [0.4, 0.5) is 0 Å². The highest BCUT2D eigenvalue weighted by atomic mass is 32.1. The minimum atomic E-state index is -0.0757. The van der Waals surface area contributed by atoms with Crippen LogP contribution < -0.4 is 10.1 Å². The molecule has 0 aliphatic carbocycles. The topological polar surface area (TPSA) is 56.1 Å². The zero-order valence-electron chi connectivity index (χ0n) is 16.7. The van der Waals surface area contributed by atoms with Gasteiger partial charge in [-0.15, -0.1) is 11.3 Å². The van der Waals surface area contributed by atoms with Crippen LogP contribution in [0.1, 0.15) is 44.7 Å². The van der Waals surface area contributed by atoms with E-state index in [1.54, 1.807) is 0 Å². The summed E-state index contributed by atoms with van der Waals surface area (Å²) in [5.74, 6) is 0.758. The van der Waals surface area contributed by atoms with Gasteiger partial charge in [0.2, 0.25) is 0 Å². The largest absolute Gasteiger partial charge is 0.488 e. The fraction of sp³-hybridized carbons (Fsp3) is 0.273. The molecule has 1 N–H and O–H groups in total. The summed E-state index contributed by atoms with van der Waals surface area (Å²) in [5.41, 5.74) is 5.11. The lowest BCUT2D eigenvalue weighted by Gasteiger charge is -2.08. The Morgan fingerprint density at radius 2 is 2.11 bits per heavy atom. The molecule has 5 nitrogen and oxygen atoms in total. The van der Waals surface area contributed by atoms with Crippen molar-refractivity contribution in [2.45, 2.75) is 33.9 Å². The van der Waals surface area contributed by atoms with Crippen molar-refractivity contribution in [1.82, 2.24) is 15.1 Å². The third-order valence-corrected chi connectivity index (χ3v) is 5.60. The number of allylic oxidation sites excluding steroid dienone is 1. The monoisotopic (exact) mass is 395 g/mol. The lowest BCUT2D eigenvalue weighted by Crippen LogP contribution is -2.22. The first-order valence-electron chi connectivity index (χ1n) is 9.18. The molecule has 2 aromatic heterocycles. The van der Waals surface area contributed by atoms with E-state index in [0.717, 1.165) is 33.8 Å². The second-order valence-corrected chi connectivity index (χ2v) is 7.51. The Morgan fingerprint density at radius 1 is 1.32 bits per heavy atom. The number of thiophene rings is 1. The number of hydrogen-bond acceptors (Lipinski definition) is 4. The highest BCUT2D eigenvalue weighted by Crippen LogP contribution is 2.22. The Labute approximate surface area is 169 Å². The van der Waals surface area contributed by atoms with E-state index >= 15 is 0 Å². The summed E-state index contributed by atoms with van der Waals surface area (Å²) < 4.78 is 7.78. The minimum absolute atomic E-state index is 0.0757. The molecule has 28 heavy (non-hydrogen) atoms.